The number of hydrogen-bond acceptors (Lipinski definition) is 6. The first-order valence-electron chi connectivity index (χ1n) is 11.1. The minimum absolute atomic E-state index is 0.137. The third-order valence-corrected chi connectivity index (χ3v) is 6.72. The summed E-state index contributed by atoms with van der Waals surface area (Å²) in [5, 5.41) is 4.87. The third kappa shape index (κ3) is 4.60. The normalized spacial score (nSPS) is 17.2. The van der Waals surface area contributed by atoms with Crippen molar-refractivity contribution in [3.8, 4) is 0 Å². The van der Waals surface area contributed by atoms with Crippen molar-refractivity contribution >= 4 is 34.8 Å². The van der Waals surface area contributed by atoms with Gasteiger partial charge in [0, 0.05) is 24.1 Å². The average molecular weight is 479 g/mol. The van der Waals surface area contributed by atoms with Crippen LogP contribution >= 0.6 is 11.3 Å². The molecule has 1 aliphatic rings. The Hall–Kier alpha value is -3.49. The summed E-state index contributed by atoms with van der Waals surface area (Å²) in [6, 6.07) is 17.3. The first-order valence-corrected chi connectivity index (χ1v) is 11.9. The van der Waals surface area contributed by atoms with Crippen LogP contribution in [0.3, 0.4) is 0 Å². The summed E-state index contributed by atoms with van der Waals surface area (Å²) >= 11 is 1.50. The lowest BCUT2D eigenvalue weighted by Crippen LogP contribution is -2.47. The van der Waals surface area contributed by atoms with Crippen molar-refractivity contribution in [1.29, 1.82) is 0 Å². The molecule has 8 heteroatoms. The number of nitrogens with zero attached hydrogens (tertiary/aromatic N) is 1. The molecule has 0 fully saturated rings. The molecule has 0 saturated heterocycles. The Morgan fingerprint density at radius 2 is 1.82 bits per heavy atom. The zero-order valence-electron chi connectivity index (χ0n) is 19.0. The van der Waals surface area contributed by atoms with E-state index in [1.165, 1.54) is 11.3 Å². The van der Waals surface area contributed by atoms with Gasteiger partial charge < -0.3 is 19.7 Å². The first kappa shape index (κ1) is 23.7. The van der Waals surface area contributed by atoms with Gasteiger partial charge in [0.15, 0.2) is 0 Å². The molecule has 2 heterocycles. The molecular weight excluding hydrogens is 452 g/mol. The molecule has 1 aromatic heterocycles. The van der Waals surface area contributed by atoms with Gasteiger partial charge in [-0.25, -0.2) is 4.79 Å². The molecule has 2 aromatic carbocycles. The zero-order valence-corrected chi connectivity index (χ0v) is 19.8. The Kier molecular flexibility index (Phi) is 7.40. The second-order valence-corrected chi connectivity index (χ2v) is 8.75. The van der Waals surface area contributed by atoms with Crippen LogP contribution in [-0.4, -0.2) is 49.6 Å². The van der Waals surface area contributed by atoms with E-state index < -0.39 is 17.9 Å². The summed E-state index contributed by atoms with van der Waals surface area (Å²) in [4.78, 5) is 42.4. The van der Waals surface area contributed by atoms with Gasteiger partial charge in [-0.2, -0.15) is 0 Å². The van der Waals surface area contributed by atoms with Gasteiger partial charge in [-0.3, -0.25) is 9.59 Å². The van der Waals surface area contributed by atoms with Gasteiger partial charge in [0.25, 0.3) is 5.91 Å². The van der Waals surface area contributed by atoms with Crippen LogP contribution in [0.15, 0.2) is 66.0 Å². The molecule has 1 N–H and O–H groups in total. The lowest BCUT2D eigenvalue weighted by atomic mass is 9.81. The first-order chi connectivity index (χ1) is 16.6. The highest BCUT2D eigenvalue weighted by atomic mass is 32.1. The van der Waals surface area contributed by atoms with Crippen molar-refractivity contribution in [2.75, 3.05) is 32.2 Å². The minimum atomic E-state index is -0.681. The van der Waals surface area contributed by atoms with Gasteiger partial charge in [0.05, 0.1) is 36.4 Å². The SMILES string of the molecule is CCOC(=O)c1ccccc1NC(=O)[C@H]1c2ccccc2C(=O)N(CCOC)[C@H]1c1cccs1. The summed E-state index contributed by atoms with van der Waals surface area (Å²) in [5.41, 5.74) is 1.80. The number of carbonyl (C=O) groups is 3. The molecule has 4 rings (SSSR count). The number of amides is 2. The monoisotopic (exact) mass is 478 g/mol. The van der Waals surface area contributed by atoms with E-state index in [0.717, 1.165) is 4.88 Å². The second-order valence-electron chi connectivity index (χ2n) is 7.77. The van der Waals surface area contributed by atoms with Crippen LogP contribution in [-0.2, 0) is 14.3 Å². The minimum Gasteiger partial charge on any atom is -0.462 e. The molecule has 0 aliphatic carbocycles. The maximum atomic E-state index is 13.9. The van der Waals surface area contributed by atoms with Gasteiger partial charge in [-0.05, 0) is 42.1 Å². The number of benzene rings is 2. The van der Waals surface area contributed by atoms with E-state index in [1.807, 2.05) is 29.6 Å². The Bertz CT molecular complexity index is 1180. The Labute approximate surface area is 202 Å². The van der Waals surface area contributed by atoms with E-state index in [2.05, 4.69) is 5.32 Å². The lowest BCUT2D eigenvalue weighted by molar-refractivity contribution is -0.119. The molecule has 0 spiro atoms. The van der Waals surface area contributed by atoms with Crippen LogP contribution in [0.25, 0.3) is 0 Å². The zero-order chi connectivity index (χ0) is 24.1. The van der Waals surface area contributed by atoms with Gasteiger partial charge in [-0.15, -0.1) is 11.3 Å². The van der Waals surface area contributed by atoms with E-state index in [0.29, 0.717) is 30.0 Å². The molecule has 0 saturated carbocycles. The number of anilines is 1. The van der Waals surface area contributed by atoms with Gasteiger partial charge >= 0.3 is 5.97 Å². The van der Waals surface area contributed by atoms with Crippen LogP contribution in [0.2, 0.25) is 0 Å². The van der Waals surface area contributed by atoms with Gasteiger partial charge in [0.2, 0.25) is 5.91 Å². The predicted octanol–water partition coefficient (Wildman–Crippen LogP) is 4.49. The molecule has 0 unspecified atom stereocenters. The Morgan fingerprint density at radius 3 is 2.56 bits per heavy atom. The summed E-state index contributed by atoms with van der Waals surface area (Å²) in [5.74, 6) is -1.63. The summed E-state index contributed by atoms with van der Waals surface area (Å²) in [6.07, 6.45) is 0. The molecule has 7 nitrogen and oxygen atoms in total. The largest absolute Gasteiger partial charge is 0.462 e. The topological polar surface area (TPSA) is 84.9 Å². The molecule has 2 amide bonds. The van der Waals surface area contributed by atoms with Crippen molar-refractivity contribution < 1.29 is 23.9 Å². The van der Waals surface area contributed by atoms with Crippen molar-refractivity contribution in [1.82, 2.24) is 4.90 Å². The number of ether oxygens (including phenoxy) is 2. The predicted molar refractivity (Wildman–Crippen MR) is 130 cm³/mol. The second kappa shape index (κ2) is 10.6. The van der Waals surface area contributed by atoms with Crippen molar-refractivity contribution in [2.45, 2.75) is 18.9 Å². The summed E-state index contributed by atoms with van der Waals surface area (Å²) < 4.78 is 10.4. The van der Waals surface area contributed by atoms with E-state index in [1.54, 1.807) is 55.3 Å². The van der Waals surface area contributed by atoms with E-state index in [9.17, 15) is 14.4 Å². The quantitative estimate of drug-likeness (QED) is 0.482. The van der Waals surface area contributed by atoms with Crippen molar-refractivity contribution in [3.63, 3.8) is 0 Å². The Morgan fingerprint density at radius 1 is 1.06 bits per heavy atom. The van der Waals surface area contributed by atoms with Crippen LogP contribution in [0.5, 0.6) is 0 Å². The third-order valence-electron chi connectivity index (χ3n) is 5.77. The highest BCUT2D eigenvalue weighted by Crippen LogP contribution is 2.44. The van der Waals surface area contributed by atoms with Crippen molar-refractivity contribution in [2.24, 2.45) is 0 Å². The van der Waals surface area contributed by atoms with Gasteiger partial charge in [0.1, 0.15) is 0 Å². The number of esters is 1. The van der Waals surface area contributed by atoms with Crippen LogP contribution in [0, 0.1) is 0 Å². The molecule has 0 bridgehead atoms. The van der Waals surface area contributed by atoms with Crippen LogP contribution < -0.4 is 5.32 Å². The summed E-state index contributed by atoms with van der Waals surface area (Å²) in [6.45, 7) is 2.65. The molecule has 1 aliphatic heterocycles. The fraction of sp³-hybridized carbons (Fsp3) is 0.269. The molecule has 3 aromatic rings. The number of thiophene rings is 1. The molecule has 2 atom stereocenters. The molecule has 176 valence electrons. The van der Waals surface area contributed by atoms with E-state index in [-0.39, 0.29) is 24.0 Å². The number of methoxy groups -OCH3 is 1. The molecular formula is C26H26N2O5S. The van der Waals surface area contributed by atoms with Crippen LogP contribution in [0.4, 0.5) is 5.69 Å². The fourth-order valence-corrected chi connectivity index (χ4v) is 5.15. The average Bonchev–Trinajstić information content (AvgIpc) is 3.38. The summed E-state index contributed by atoms with van der Waals surface area (Å²) in [7, 11) is 1.58. The lowest BCUT2D eigenvalue weighted by Gasteiger charge is -2.41. The van der Waals surface area contributed by atoms with E-state index >= 15 is 0 Å². The molecule has 0 radical (unpaired) electrons. The molecule has 34 heavy (non-hydrogen) atoms. The highest BCUT2D eigenvalue weighted by Gasteiger charge is 2.44. The Balaban J connectivity index is 1.78. The number of para-hydroxylation sites is 1. The smallest absolute Gasteiger partial charge is 0.340 e. The maximum absolute atomic E-state index is 13.9. The highest BCUT2D eigenvalue weighted by molar-refractivity contribution is 7.10. The number of fused-ring (bicyclic) bond motifs is 1. The van der Waals surface area contributed by atoms with Crippen LogP contribution in [0.1, 0.15) is 50.0 Å². The number of carbonyl (C=O) groups excluding carboxylic acids is 3. The fourth-order valence-electron chi connectivity index (χ4n) is 4.28. The maximum Gasteiger partial charge on any atom is 0.340 e. The van der Waals surface area contributed by atoms with Gasteiger partial charge in [-0.1, -0.05) is 36.4 Å². The van der Waals surface area contributed by atoms with Crippen molar-refractivity contribution in [3.05, 3.63) is 87.6 Å². The van der Waals surface area contributed by atoms with E-state index in [4.69, 9.17) is 9.47 Å². The number of nitrogens with one attached hydrogen (secondary N) is 1. The number of rotatable bonds is 8. The standard InChI is InChI=1S/C26H26N2O5S/c1-3-33-26(31)19-11-6-7-12-20(19)27-24(29)22-17-9-4-5-10-18(17)25(30)28(14-15-32-2)23(22)21-13-8-16-34-21/h4-13,16,22-23H,3,14-15H2,1-2H3,(H,27,29)/t22-,23-/m0/s1. The number of hydrogen-bond donors (Lipinski definition) is 1.